The fraction of sp³-hybridized carbons (Fsp3) is 0.556. The van der Waals surface area contributed by atoms with Crippen LogP contribution in [0.2, 0.25) is 0 Å². The second kappa shape index (κ2) is 5.47. The molecule has 0 saturated carbocycles. The number of nitrogens with zero attached hydrogens (tertiary/aromatic N) is 2. The molecule has 6 nitrogen and oxygen atoms in total. The molecule has 1 unspecified atom stereocenters. The zero-order valence-corrected chi connectivity index (χ0v) is 11.2. The van der Waals surface area contributed by atoms with E-state index in [1.165, 1.54) is 10.9 Å². The van der Waals surface area contributed by atoms with Gasteiger partial charge >= 0.3 is 5.16 Å². The first-order valence-electron chi connectivity index (χ1n) is 4.83. The molecule has 0 bridgehead atoms. The van der Waals surface area contributed by atoms with Crippen LogP contribution in [0.3, 0.4) is 0 Å². The van der Waals surface area contributed by atoms with Crippen LogP contribution in [0, 0.1) is 24.1 Å². The minimum Gasteiger partial charge on any atom is -0.222 e. The highest BCUT2D eigenvalue weighted by molar-refractivity contribution is 7.99. The molecule has 0 saturated heterocycles. The summed E-state index contributed by atoms with van der Waals surface area (Å²) in [6.07, 6.45) is 0. The van der Waals surface area contributed by atoms with Crippen molar-refractivity contribution in [1.29, 1.82) is 0 Å². The van der Waals surface area contributed by atoms with Crippen molar-refractivity contribution >= 4 is 11.8 Å². The molecule has 2 rings (SSSR count). The zero-order valence-electron chi connectivity index (χ0n) is 9.68. The topological polar surface area (TPSA) is 109 Å². The predicted molar refractivity (Wildman–Crippen MR) is 49.2 cm³/mol. The van der Waals surface area contributed by atoms with Crippen LogP contribution < -0.4 is 23.2 Å². The van der Waals surface area contributed by atoms with E-state index in [2.05, 4.69) is 36.4 Å². The van der Waals surface area contributed by atoms with Crippen molar-refractivity contribution in [3.05, 3.63) is 17.5 Å². The van der Waals surface area contributed by atoms with Crippen molar-refractivity contribution in [3.8, 4) is 0 Å². The van der Waals surface area contributed by atoms with Crippen LogP contribution in [0.15, 0.2) is 11.2 Å². The minimum absolute atomic E-state index is 0.679. The lowest BCUT2D eigenvalue weighted by atomic mass is 10.3. The average molecular weight is 281 g/mol. The number of fused-ring (bicyclic) bond motifs is 1. The molecule has 1 aromatic rings. The van der Waals surface area contributed by atoms with Crippen LogP contribution in [-0.4, -0.2) is 10.2 Å². The molecule has 1 atom stereocenters. The maximum atomic E-state index is 8.49. The fourth-order valence-corrected chi connectivity index (χ4v) is 2.69. The predicted octanol–water partition coefficient (Wildman–Crippen LogP) is -3.28. The van der Waals surface area contributed by atoms with Crippen LogP contribution in [0.25, 0.3) is 0 Å². The number of hydrogen-bond donors (Lipinski definition) is 0. The fourth-order valence-electron chi connectivity index (χ4n) is 1.56. The lowest BCUT2D eigenvalue weighted by Gasteiger charge is -2.17. The maximum absolute atomic E-state index is 8.49. The number of halogens is 1. The SMILES string of the molecule is Cc1cc(C)[n+]2c(n1)SC(C)C2.[O-][Cl+3]([O-])([O-])[O-]. The number of hydrogen-bond acceptors (Lipinski definition) is 6. The van der Waals surface area contributed by atoms with Gasteiger partial charge in [-0.15, -0.1) is 10.2 Å². The van der Waals surface area contributed by atoms with Crippen molar-refractivity contribution in [2.45, 2.75) is 37.7 Å². The van der Waals surface area contributed by atoms with Gasteiger partial charge in [0.1, 0.15) is 12.2 Å². The smallest absolute Gasteiger partial charge is 0.222 e. The summed E-state index contributed by atoms with van der Waals surface area (Å²) in [5, 5.41) is 1.86. The summed E-state index contributed by atoms with van der Waals surface area (Å²) in [4.78, 5) is 4.49. The third kappa shape index (κ3) is 5.15. The van der Waals surface area contributed by atoms with Gasteiger partial charge in [0.25, 0.3) is 0 Å². The molecule has 1 aromatic heterocycles. The number of thioether (sulfide) groups is 1. The molecule has 1 aliphatic heterocycles. The van der Waals surface area contributed by atoms with Crippen molar-refractivity contribution < 1.29 is 33.4 Å². The summed E-state index contributed by atoms with van der Waals surface area (Å²) >= 11 is 1.87. The molecule has 17 heavy (non-hydrogen) atoms. The van der Waals surface area contributed by atoms with E-state index in [1.807, 2.05) is 11.8 Å². The minimum atomic E-state index is -4.94. The van der Waals surface area contributed by atoms with Crippen LogP contribution >= 0.6 is 11.8 Å². The number of rotatable bonds is 0. The summed E-state index contributed by atoms with van der Waals surface area (Å²) < 4.78 is 36.3. The Bertz CT molecular complexity index is 405. The highest BCUT2D eigenvalue weighted by Gasteiger charge is 2.28. The monoisotopic (exact) mass is 280 g/mol. The Morgan fingerprint density at radius 3 is 2.41 bits per heavy atom. The summed E-state index contributed by atoms with van der Waals surface area (Å²) in [5.41, 5.74) is 2.45. The number of aromatic nitrogens is 2. The quantitative estimate of drug-likeness (QED) is 0.364. The molecule has 8 heteroatoms. The summed E-state index contributed by atoms with van der Waals surface area (Å²) in [7, 11) is -4.94. The standard InChI is InChI=1S/C9H13N2S.ClHO4/c1-6-4-7(2)11-5-8(3)12-9(11)10-6;2-1(3,4)5/h4,8H,5H2,1-3H3;(H,2,3,4,5)/q+1;/p-1. The van der Waals surface area contributed by atoms with E-state index in [9.17, 15) is 0 Å². The van der Waals surface area contributed by atoms with Crippen LogP contribution in [0.5, 0.6) is 0 Å². The molecule has 96 valence electrons. The Morgan fingerprint density at radius 1 is 1.35 bits per heavy atom. The van der Waals surface area contributed by atoms with Gasteiger partial charge in [-0.05, 0) is 30.6 Å². The summed E-state index contributed by atoms with van der Waals surface area (Å²) in [5.74, 6) is 0. The molecule has 0 aliphatic carbocycles. The van der Waals surface area contributed by atoms with Gasteiger partial charge in [0.2, 0.25) is 0 Å². The normalized spacial score (nSPS) is 18.4. The van der Waals surface area contributed by atoms with Gasteiger partial charge < -0.3 is 0 Å². The molecule has 0 amide bonds. The molecule has 0 N–H and O–H groups in total. The Kier molecular flexibility index (Phi) is 4.70. The average Bonchev–Trinajstić information content (AvgIpc) is 2.42. The van der Waals surface area contributed by atoms with Gasteiger partial charge in [0.05, 0.1) is 5.25 Å². The molecular weight excluding hydrogens is 268 g/mol. The van der Waals surface area contributed by atoms with E-state index in [0.29, 0.717) is 5.25 Å². The molecular formula is C9H13ClN2O4S. The van der Waals surface area contributed by atoms with Gasteiger partial charge in [-0.25, -0.2) is 23.2 Å². The van der Waals surface area contributed by atoms with Crippen LogP contribution in [-0.2, 0) is 6.54 Å². The third-order valence-corrected chi connectivity index (χ3v) is 3.17. The first-order chi connectivity index (χ1) is 7.66. The van der Waals surface area contributed by atoms with Gasteiger partial charge in [0, 0.05) is 13.0 Å². The lowest BCUT2D eigenvalue weighted by Crippen LogP contribution is -2.68. The second-order valence-corrected chi connectivity index (χ2v) is 5.90. The van der Waals surface area contributed by atoms with Crippen LogP contribution in [0.1, 0.15) is 18.3 Å². The zero-order chi connectivity index (χ0) is 13.2. The summed E-state index contributed by atoms with van der Waals surface area (Å²) in [6.45, 7) is 7.56. The van der Waals surface area contributed by atoms with Crippen LogP contribution in [0.4, 0.5) is 0 Å². The van der Waals surface area contributed by atoms with E-state index in [1.54, 1.807) is 0 Å². The first-order valence-corrected chi connectivity index (χ1v) is 6.94. The highest BCUT2D eigenvalue weighted by atomic mass is 35.7. The van der Waals surface area contributed by atoms with Gasteiger partial charge in [-0.2, -0.15) is 0 Å². The van der Waals surface area contributed by atoms with Crippen molar-refractivity contribution in [2.75, 3.05) is 0 Å². The van der Waals surface area contributed by atoms with Gasteiger partial charge in [-0.1, -0.05) is 0 Å². The Labute approximate surface area is 106 Å². The molecule has 0 radical (unpaired) electrons. The lowest BCUT2D eigenvalue weighted by molar-refractivity contribution is -2.00. The van der Waals surface area contributed by atoms with Crippen molar-refractivity contribution in [1.82, 2.24) is 4.98 Å². The Balaban J connectivity index is 0.000000249. The number of aryl methyl sites for hydroxylation is 2. The Morgan fingerprint density at radius 2 is 1.88 bits per heavy atom. The molecule has 0 spiro atoms. The van der Waals surface area contributed by atoms with E-state index in [0.717, 1.165) is 12.2 Å². The van der Waals surface area contributed by atoms with Gasteiger partial charge in [0.15, 0.2) is 5.69 Å². The molecule has 2 heterocycles. The first kappa shape index (κ1) is 14.6. The largest absolute Gasteiger partial charge is 0.360 e. The molecule has 0 aromatic carbocycles. The molecule has 1 aliphatic rings. The Hall–Kier alpha value is -0.440. The highest BCUT2D eigenvalue weighted by Crippen LogP contribution is 2.24. The van der Waals surface area contributed by atoms with E-state index in [4.69, 9.17) is 18.6 Å². The van der Waals surface area contributed by atoms with E-state index < -0.39 is 10.2 Å². The van der Waals surface area contributed by atoms with E-state index in [-0.39, 0.29) is 0 Å². The van der Waals surface area contributed by atoms with E-state index >= 15 is 0 Å². The summed E-state index contributed by atoms with van der Waals surface area (Å²) in [6, 6.07) is 2.14. The van der Waals surface area contributed by atoms with Gasteiger partial charge in [-0.3, -0.25) is 0 Å². The maximum Gasteiger partial charge on any atom is 0.360 e. The third-order valence-electron chi connectivity index (χ3n) is 2.09. The van der Waals surface area contributed by atoms with Crippen molar-refractivity contribution in [2.24, 2.45) is 0 Å². The molecule has 0 fully saturated rings. The second-order valence-electron chi connectivity index (χ2n) is 3.74. The van der Waals surface area contributed by atoms with Crippen molar-refractivity contribution in [3.63, 3.8) is 0 Å².